The largest absolute Gasteiger partial charge is 0.494 e. The zero-order chi connectivity index (χ0) is 19.7. The highest BCUT2D eigenvalue weighted by Crippen LogP contribution is 2.23. The number of para-hydroxylation sites is 1. The predicted octanol–water partition coefficient (Wildman–Crippen LogP) is 4.19. The van der Waals surface area contributed by atoms with Gasteiger partial charge in [-0.05, 0) is 50.2 Å². The van der Waals surface area contributed by atoms with Crippen LogP contribution in [0.3, 0.4) is 0 Å². The molecule has 0 N–H and O–H groups in total. The SMILES string of the molecule is CCOc1ccc2nc(Cl)c(/C=N/n3c(C)nc4ccccc4c3=O)cc2c1. The van der Waals surface area contributed by atoms with Gasteiger partial charge in [-0.2, -0.15) is 9.78 Å². The molecule has 140 valence electrons. The molecule has 2 aromatic carbocycles. The number of aryl methyl sites for hydroxylation is 1. The van der Waals surface area contributed by atoms with Gasteiger partial charge < -0.3 is 4.74 Å². The number of hydrogen-bond acceptors (Lipinski definition) is 5. The standard InChI is InChI=1S/C21H17ClN4O2/c1-3-28-16-8-9-18-14(11-16)10-15(20(22)25-18)12-23-26-13(2)24-19-7-5-4-6-17(19)21(26)27/h4-12H,3H2,1-2H3/b23-12+. The molecule has 2 heterocycles. The van der Waals surface area contributed by atoms with Gasteiger partial charge in [-0.1, -0.05) is 23.7 Å². The maximum absolute atomic E-state index is 12.7. The molecule has 0 bridgehead atoms. The summed E-state index contributed by atoms with van der Waals surface area (Å²) < 4.78 is 6.80. The second-order valence-corrected chi connectivity index (χ2v) is 6.55. The molecule has 28 heavy (non-hydrogen) atoms. The summed E-state index contributed by atoms with van der Waals surface area (Å²) in [6.07, 6.45) is 1.52. The third kappa shape index (κ3) is 3.34. The lowest BCUT2D eigenvalue weighted by molar-refractivity contribution is 0.340. The Morgan fingerprint density at radius 1 is 1.14 bits per heavy atom. The van der Waals surface area contributed by atoms with Crippen LogP contribution in [0, 0.1) is 6.92 Å². The molecule has 7 heteroatoms. The van der Waals surface area contributed by atoms with Crippen LogP contribution in [0.15, 0.2) is 58.4 Å². The third-order valence-electron chi connectivity index (χ3n) is 4.31. The van der Waals surface area contributed by atoms with Crippen LogP contribution in [-0.4, -0.2) is 27.5 Å². The number of fused-ring (bicyclic) bond motifs is 2. The van der Waals surface area contributed by atoms with Gasteiger partial charge in [0.15, 0.2) is 0 Å². The Balaban J connectivity index is 1.79. The number of ether oxygens (including phenoxy) is 1. The van der Waals surface area contributed by atoms with Crippen molar-refractivity contribution in [1.82, 2.24) is 14.6 Å². The predicted molar refractivity (Wildman–Crippen MR) is 112 cm³/mol. The van der Waals surface area contributed by atoms with Gasteiger partial charge in [0.2, 0.25) is 0 Å². The summed E-state index contributed by atoms with van der Waals surface area (Å²) in [5, 5.41) is 6.00. The van der Waals surface area contributed by atoms with Gasteiger partial charge in [-0.3, -0.25) is 4.79 Å². The van der Waals surface area contributed by atoms with Crippen molar-refractivity contribution in [1.29, 1.82) is 0 Å². The van der Waals surface area contributed by atoms with E-state index in [-0.39, 0.29) is 5.56 Å². The Hall–Kier alpha value is -3.25. The molecule has 0 saturated carbocycles. The van der Waals surface area contributed by atoms with E-state index in [9.17, 15) is 4.79 Å². The van der Waals surface area contributed by atoms with Gasteiger partial charge in [0.25, 0.3) is 5.56 Å². The highest BCUT2D eigenvalue weighted by molar-refractivity contribution is 6.32. The van der Waals surface area contributed by atoms with Crippen LogP contribution in [0.2, 0.25) is 5.15 Å². The fourth-order valence-corrected chi connectivity index (χ4v) is 3.18. The van der Waals surface area contributed by atoms with E-state index >= 15 is 0 Å². The van der Waals surface area contributed by atoms with Gasteiger partial charge in [0.05, 0.1) is 29.2 Å². The zero-order valence-electron chi connectivity index (χ0n) is 15.4. The molecular formula is C21H17ClN4O2. The van der Waals surface area contributed by atoms with Gasteiger partial charge in [-0.25, -0.2) is 9.97 Å². The molecule has 0 atom stereocenters. The second kappa shape index (κ2) is 7.40. The molecule has 0 unspecified atom stereocenters. The number of halogens is 1. The third-order valence-corrected chi connectivity index (χ3v) is 4.61. The number of hydrogen-bond donors (Lipinski definition) is 0. The fraction of sp³-hybridized carbons (Fsp3) is 0.143. The number of rotatable bonds is 4. The summed E-state index contributed by atoms with van der Waals surface area (Å²) in [5.74, 6) is 1.25. The quantitative estimate of drug-likeness (QED) is 0.385. The molecule has 0 radical (unpaired) electrons. The highest BCUT2D eigenvalue weighted by Gasteiger charge is 2.08. The van der Waals surface area contributed by atoms with E-state index in [4.69, 9.17) is 16.3 Å². The topological polar surface area (TPSA) is 69.4 Å². The fourth-order valence-electron chi connectivity index (χ4n) is 2.99. The van der Waals surface area contributed by atoms with Crippen molar-refractivity contribution in [2.45, 2.75) is 13.8 Å². The van der Waals surface area contributed by atoms with Crippen molar-refractivity contribution in [2.24, 2.45) is 5.10 Å². The minimum absolute atomic E-state index is 0.233. The number of aromatic nitrogens is 3. The van der Waals surface area contributed by atoms with E-state index in [0.717, 1.165) is 16.7 Å². The summed E-state index contributed by atoms with van der Waals surface area (Å²) in [5.41, 5.74) is 1.77. The molecule has 4 aromatic rings. The monoisotopic (exact) mass is 392 g/mol. The van der Waals surface area contributed by atoms with Gasteiger partial charge in [-0.15, -0.1) is 0 Å². The lowest BCUT2D eigenvalue weighted by atomic mass is 10.1. The summed E-state index contributed by atoms with van der Waals surface area (Å²) in [4.78, 5) is 21.6. The van der Waals surface area contributed by atoms with E-state index in [0.29, 0.717) is 34.1 Å². The van der Waals surface area contributed by atoms with E-state index in [1.165, 1.54) is 10.9 Å². The molecule has 4 rings (SSSR count). The van der Waals surface area contributed by atoms with Crippen LogP contribution in [0.25, 0.3) is 21.8 Å². The maximum Gasteiger partial charge on any atom is 0.282 e. The van der Waals surface area contributed by atoms with Crippen LogP contribution in [0.1, 0.15) is 18.3 Å². The van der Waals surface area contributed by atoms with Crippen LogP contribution < -0.4 is 10.3 Å². The second-order valence-electron chi connectivity index (χ2n) is 6.19. The lowest BCUT2D eigenvalue weighted by Gasteiger charge is -2.07. The zero-order valence-corrected chi connectivity index (χ0v) is 16.1. The molecule has 0 aliphatic rings. The summed E-state index contributed by atoms with van der Waals surface area (Å²) in [6.45, 7) is 4.25. The highest BCUT2D eigenvalue weighted by atomic mass is 35.5. The van der Waals surface area contributed by atoms with Crippen molar-refractivity contribution in [3.8, 4) is 5.75 Å². The summed E-state index contributed by atoms with van der Waals surface area (Å²) in [7, 11) is 0. The van der Waals surface area contributed by atoms with Gasteiger partial charge in [0, 0.05) is 10.9 Å². The smallest absolute Gasteiger partial charge is 0.282 e. The molecule has 2 aromatic heterocycles. The molecule has 0 saturated heterocycles. The minimum Gasteiger partial charge on any atom is -0.494 e. The molecule has 0 spiro atoms. The van der Waals surface area contributed by atoms with Crippen LogP contribution in [0.4, 0.5) is 0 Å². The van der Waals surface area contributed by atoms with Crippen LogP contribution in [-0.2, 0) is 0 Å². The number of nitrogens with zero attached hydrogens (tertiary/aromatic N) is 4. The minimum atomic E-state index is -0.233. The lowest BCUT2D eigenvalue weighted by Crippen LogP contribution is -2.20. The van der Waals surface area contributed by atoms with E-state index < -0.39 is 0 Å². The van der Waals surface area contributed by atoms with E-state index in [1.807, 2.05) is 37.3 Å². The first-order chi connectivity index (χ1) is 13.6. The number of pyridine rings is 1. The van der Waals surface area contributed by atoms with Gasteiger partial charge >= 0.3 is 0 Å². The first-order valence-corrected chi connectivity index (χ1v) is 9.20. The Morgan fingerprint density at radius 3 is 2.79 bits per heavy atom. The van der Waals surface area contributed by atoms with Crippen LogP contribution in [0.5, 0.6) is 5.75 Å². The molecule has 0 fully saturated rings. The van der Waals surface area contributed by atoms with E-state index in [1.54, 1.807) is 25.1 Å². The molecule has 0 aliphatic carbocycles. The summed E-state index contributed by atoms with van der Waals surface area (Å²) in [6, 6.07) is 14.7. The first-order valence-electron chi connectivity index (χ1n) is 8.82. The first kappa shape index (κ1) is 18.1. The molecule has 6 nitrogen and oxygen atoms in total. The molecule has 0 aliphatic heterocycles. The van der Waals surface area contributed by atoms with Crippen molar-refractivity contribution in [2.75, 3.05) is 6.61 Å². The average molecular weight is 393 g/mol. The van der Waals surface area contributed by atoms with Crippen LogP contribution >= 0.6 is 11.6 Å². The Morgan fingerprint density at radius 2 is 1.96 bits per heavy atom. The molecular weight excluding hydrogens is 376 g/mol. The average Bonchev–Trinajstić information content (AvgIpc) is 2.68. The maximum atomic E-state index is 12.7. The molecule has 0 amide bonds. The number of benzene rings is 2. The van der Waals surface area contributed by atoms with Crippen molar-refractivity contribution in [3.63, 3.8) is 0 Å². The Kier molecular flexibility index (Phi) is 4.79. The van der Waals surface area contributed by atoms with E-state index in [2.05, 4.69) is 15.1 Å². The van der Waals surface area contributed by atoms with Crippen molar-refractivity contribution >= 4 is 39.6 Å². The normalized spacial score (nSPS) is 11.5. The Labute approximate surface area is 166 Å². The van der Waals surface area contributed by atoms with Crippen molar-refractivity contribution < 1.29 is 4.74 Å². The summed E-state index contributed by atoms with van der Waals surface area (Å²) >= 11 is 6.31. The van der Waals surface area contributed by atoms with Crippen molar-refractivity contribution in [3.05, 3.63) is 75.4 Å². The Bertz CT molecular complexity index is 1280. The van der Waals surface area contributed by atoms with Gasteiger partial charge in [0.1, 0.15) is 16.7 Å².